The summed E-state index contributed by atoms with van der Waals surface area (Å²) in [5.74, 6) is -3.04. The Balaban J connectivity index is 1.55. The van der Waals surface area contributed by atoms with Crippen molar-refractivity contribution in [2.75, 3.05) is 23.4 Å². The van der Waals surface area contributed by atoms with Crippen LogP contribution in [0.1, 0.15) is 12.0 Å². The number of carbonyl (C=O) groups is 3. The normalized spacial score (nSPS) is 16.0. The fourth-order valence-corrected chi connectivity index (χ4v) is 3.11. The van der Waals surface area contributed by atoms with Crippen LogP contribution >= 0.6 is 0 Å². The highest BCUT2D eigenvalue weighted by Crippen LogP contribution is 2.31. The molecular weight excluding hydrogens is 435 g/mol. The van der Waals surface area contributed by atoms with Gasteiger partial charge in [0, 0.05) is 30.8 Å². The maximum atomic E-state index is 12.7. The van der Waals surface area contributed by atoms with Crippen LogP contribution in [0.15, 0.2) is 48.5 Å². The smallest absolute Gasteiger partial charge is 0.416 e. The SMILES string of the molecule is O=C(COC(=O)[C@H]1CC(=O)N(c2cccc([N+](=O)[O-])c2)C1)Nc1cccc(C(F)(F)F)c1. The zero-order valence-electron chi connectivity index (χ0n) is 16.3. The lowest BCUT2D eigenvalue weighted by Crippen LogP contribution is -2.28. The lowest BCUT2D eigenvalue weighted by Gasteiger charge is -2.16. The molecular formula is C20H16F3N3O6. The zero-order chi connectivity index (χ0) is 23.5. The van der Waals surface area contributed by atoms with Gasteiger partial charge < -0.3 is 15.0 Å². The van der Waals surface area contributed by atoms with Crippen molar-refractivity contribution >= 4 is 34.8 Å². The summed E-state index contributed by atoms with van der Waals surface area (Å²) < 4.78 is 43.1. The van der Waals surface area contributed by atoms with E-state index in [9.17, 15) is 37.7 Å². The highest BCUT2D eigenvalue weighted by atomic mass is 19.4. The second kappa shape index (κ2) is 9.04. The molecule has 168 valence electrons. The summed E-state index contributed by atoms with van der Waals surface area (Å²) in [6.45, 7) is -0.843. The molecule has 1 atom stereocenters. The van der Waals surface area contributed by atoms with Gasteiger partial charge in [-0.2, -0.15) is 13.2 Å². The first kappa shape index (κ1) is 22.7. The third-order valence-electron chi connectivity index (χ3n) is 4.63. The fraction of sp³-hybridized carbons (Fsp3) is 0.250. The van der Waals surface area contributed by atoms with Crippen molar-refractivity contribution in [1.82, 2.24) is 0 Å². The summed E-state index contributed by atoms with van der Waals surface area (Å²) in [6, 6.07) is 9.32. The molecule has 1 N–H and O–H groups in total. The van der Waals surface area contributed by atoms with E-state index in [0.29, 0.717) is 0 Å². The number of benzene rings is 2. The number of amides is 2. The van der Waals surface area contributed by atoms with Gasteiger partial charge in [0.1, 0.15) is 0 Å². The number of anilines is 2. The molecule has 1 heterocycles. The second-order valence-corrected chi connectivity index (χ2v) is 6.92. The molecule has 0 unspecified atom stereocenters. The molecule has 12 heteroatoms. The van der Waals surface area contributed by atoms with Gasteiger partial charge in [-0.05, 0) is 24.3 Å². The van der Waals surface area contributed by atoms with Gasteiger partial charge in [-0.3, -0.25) is 24.5 Å². The minimum atomic E-state index is -4.58. The van der Waals surface area contributed by atoms with E-state index in [1.165, 1.54) is 35.2 Å². The molecule has 0 bridgehead atoms. The summed E-state index contributed by atoms with van der Waals surface area (Å²) in [7, 11) is 0. The molecule has 1 aliphatic rings. The molecule has 0 saturated carbocycles. The van der Waals surface area contributed by atoms with Crippen molar-refractivity contribution in [1.29, 1.82) is 0 Å². The van der Waals surface area contributed by atoms with Crippen molar-refractivity contribution in [2.45, 2.75) is 12.6 Å². The van der Waals surface area contributed by atoms with Gasteiger partial charge in [-0.25, -0.2) is 0 Å². The topological polar surface area (TPSA) is 119 Å². The Morgan fingerprint density at radius 2 is 1.91 bits per heavy atom. The van der Waals surface area contributed by atoms with Gasteiger partial charge in [0.2, 0.25) is 5.91 Å². The van der Waals surface area contributed by atoms with E-state index in [1.807, 2.05) is 0 Å². The Hall–Kier alpha value is -3.96. The Labute approximate surface area is 178 Å². The number of ether oxygens (including phenoxy) is 1. The van der Waals surface area contributed by atoms with Crippen molar-refractivity contribution in [2.24, 2.45) is 5.92 Å². The van der Waals surface area contributed by atoms with E-state index in [0.717, 1.165) is 18.2 Å². The van der Waals surface area contributed by atoms with Gasteiger partial charge >= 0.3 is 12.1 Å². The Morgan fingerprint density at radius 1 is 1.19 bits per heavy atom. The number of nitrogens with one attached hydrogen (secondary N) is 1. The van der Waals surface area contributed by atoms with Gasteiger partial charge in [0.25, 0.3) is 11.6 Å². The third-order valence-corrected chi connectivity index (χ3v) is 4.63. The molecule has 0 aromatic heterocycles. The minimum Gasteiger partial charge on any atom is -0.455 e. The molecule has 0 spiro atoms. The molecule has 2 amide bonds. The number of hydrogen-bond donors (Lipinski definition) is 1. The lowest BCUT2D eigenvalue weighted by atomic mass is 10.1. The lowest BCUT2D eigenvalue weighted by molar-refractivity contribution is -0.384. The highest BCUT2D eigenvalue weighted by molar-refractivity contribution is 6.00. The third kappa shape index (κ3) is 5.39. The molecule has 1 saturated heterocycles. The molecule has 2 aromatic rings. The maximum absolute atomic E-state index is 12.7. The van der Waals surface area contributed by atoms with Crippen LogP contribution in [-0.4, -0.2) is 35.9 Å². The van der Waals surface area contributed by atoms with E-state index in [-0.39, 0.29) is 30.0 Å². The van der Waals surface area contributed by atoms with Crippen LogP contribution in [0.25, 0.3) is 0 Å². The highest BCUT2D eigenvalue weighted by Gasteiger charge is 2.37. The van der Waals surface area contributed by atoms with Crippen molar-refractivity contribution in [3.05, 3.63) is 64.2 Å². The molecule has 32 heavy (non-hydrogen) atoms. The Bertz CT molecular complexity index is 1070. The van der Waals surface area contributed by atoms with E-state index in [2.05, 4.69) is 5.32 Å². The predicted molar refractivity (Wildman–Crippen MR) is 105 cm³/mol. The number of esters is 1. The number of nitro groups is 1. The summed E-state index contributed by atoms with van der Waals surface area (Å²) in [5, 5.41) is 13.1. The van der Waals surface area contributed by atoms with Gasteiger partial charge in [-0.1, -0.05) is 12.1 Å². The van der Waals surface area contributed by atoms with Crippen molar-refractivity contribution < 1.29 is 37.2 Å². The van der Waals surface area contributed by atoms with E-state index < -0.39 is 47.0 Å². The van der Waals surface area contributed by atoms with Crippen LogP contribution in [-0.2, 0) is 25.3 Å². The summed E-state index contributed by atoms with van der Waals surface area (Å²) in [5.41, 5.74) is -1.03. The summed E-state index contributed by atoms with van der Waals surface area (Å²) in [6.07, 6.45) is -4.79. The second-order valence-electron chi connectivity index (χ2n) is 6.92. The number of nitro benzene ring substituents is 1. The number of alkyl halides is 3. The minimum absolute atomic E-state index is 0.0892. The van der Waals surface area contributed by atoms with Crippen LogP contribution in [0.4, 0.5) is 30.2 Å². The molecule has 2 aromatic carbocycles. The zero-order valence-corrected chi connectivity index (χ0v) is 16.3. The number of carbonyl (C=O) groups excluding carboxylic acids is 3. The van der Waals surface area contributed by atoms with E-state index >= 15 is 0 Å². The predicted octanol–water partition coefficient (Wildman–Crippen LogP) is 3.15. The molecule has 0 radical (unpaired) electrons. The van der Waals surface area contributed by atoms with E-state index in [1.54, 1.807) is 0 Å². The largest absolute Gasteiger partial charge is 0.455 e. The number of hydrogen-bond acceptors (Lipinski definition) is 6. The monoisotopic (exact) mass is 451 g/mol. The molecule has 3 rings (SSSR count). The van der Waals surface area contributed by atoms with Crippen molar-refractivity contribution in [3.63, 3.8) is 0 Å². The average Bonchev–Trinajstić information content (AvgIpc) is 3.13. The van der Waals surface area contributed by atoms with Crippen LogP contribution in [0.2, 0.25) is 0 Å². The van der Waals surface area contributed by atoms with Crippen LogP contribution in [0.3, 0.4) is 0 Å². The maximum Gasteiger partial charge on any atom is 0.416 e. The number of rotatable bonds is 6. The number of nitrogens with zero attached hydrogens (tertiary/aromatic N) is 2. The summed E-state index contributed by atoms with van der Waals surface area (Å²) >= 11 is 0. The van der Waals surface area contributed by atoms with Crippen LogP contribution in [0.5, 0.6) is 0 Å². The van der Waals surface area contributed by atoms with Crippen LogP contribution in [0, 0.1) is 16.0 Å². The number of halogens is 3. The van der Waals surface area contributed by atoms with E-state index in [4.69, 9.17) is 4.74 Å². The fourth-order valence-electron chi connectivity index (χ4n) is 3.11. The quantitative estimate of drug-likeness (QED) is 0.410. The first-order chi connectivity index (χ1) is 15.0. The first-order valence-electron chi connectivity index (χ1n) is 9.23. The standard InChI is InChI=1S/C20H16F3N3O6/c21-20(22,23)13-3-1-4-14(8-13)24-17(27)11-32-19(29)12-7-18(28)25(10-12)15-5-2-6-16(9-15)26(30)31/h1-6,8-9,12H,7,10-11H2,(H,24,27)/t12-/m0/s1. The Kier molecular flexibility index (Phi) is 6.42. The summed E-state index contributed by atoms with van der Waals surface area (Å²) in [4.78, 5) is 47.9. The molecule has 0 aliphatic carbocycles. The molecule has 1 fully saturated rings. The Morgan fingerprint density at radius 3 is 2.59 bits per heavy atom. The van der Waals surface area contributed by atoms with Gasteiger partial charge in [0.15, 0.2) is 6.61 Å². The molecule has 9 nitrogen and oxygen atoms in total. The number of non-ortho nitro benzene ring substituents is 1. The van der Waals surface area contributed by atoms with Gasteiger partial charge in [-0.15, -0.1) is 0 Å². The first-order valence-corrected chi connectivity index (χ1v) is 9.23. The average molecular weight is 451 g/mol. The molecule has 1 aliphatic heterocycles. The van der Waals surface area contributed by atoms with Crippen molar-refractivity contribution in [3.8, 4) is 0 Å². The van der Waals surface area contributed by atoms with Crippen LogP contribution < -0.4 is 10.2 Å². The van der Waals surface area contributed by atoms with Gasteiger partial charge in [0.05, 0.1) is 22.1 Å².